The summed E-state index contributed by atoms with van der Waals surface area (Å²) in [6, 6.07) is 11.5. The largest absolute Gasteiger partial charge is 0.342 e. The number of thiophene rings is 1. The molecule has 1 saturated heterocycles. The van der Waals surface area contributed by atoms with Crippen molar-refractivity contribution in [1.82, 2.24) is 25.0 Å². The van der Waals surface area contributed by atoms with Crippen molar-refractivity contribution < 1.29 is 9.59 Å². The third kappa shape index (κ3) is 3.65. The van der Waals surface area contributed by atoms with Crippen LogP contribution in [-0.2, 0) is 17.8 Å². The molecule has 0 bridgehead atoms. The Bertz CT molecular complexity index is 1110. The maximum absolute atomic E-state index is 13.1. The van der Waals surface area contributed by atoms with Crippen molar-refractivity contribution in [2.24, 2.45) is 5.41 Å². The minimum absolute atomic E-state index is 0.0967. The number of aromatic nitrogens is 3. The van der Waals surface area contributed by atoms with E-state index >= 15 is 0 Å². The van der Waals surface area contributed by atoms with E-state index in [4.69, 9.17) is 0 Å². The molecule has 31 heavy (non-hydrogen) atoms. The van der Waals surface area contributed by atoms with Crippen LogP contribution in [0.4, 0.5) is 0 Å². The molecule has 7 nitrogen and oxygen atoms in total. The summed E-state index contributed by atoms with van der Waals surface area (Å²) in [6.07, 6.45) is 3.65. The average Bonchev–Trinajstić information content (AvgIpc) is 3.53. The lowest BCUT2D eigenvalue weighted by Crippen LogP contribution is -2.48. The van der Waals surface area contributed by atoms with E-state index in [0.717, 1.165) is 36.3 Å². The first-order valence-electron chi connectivity index (χ1n) is 10.6. The lowest BCUT2D eigenvalue weighted by Gasteiger charge is -2.40. The fourth-order valence-electron chi connectivity index (χ4n) is 4.87. The third-order valence-electron chi connectivity index (χ3n) is 6.70. The standard InChI is InChI=1S/C23H25N5O2S/c1-16-5-2-3-6-17(16)13-19(29)27-10-8-23(14-27)9-11-28-21(24-15-25-28)20(23)26-22(30)18-7-4-12-31-18/h2-7,12,15,20H,8-11,13-14H2,1H3,(H,26,30). The molecule has 8 heteroatoms. The normalized spacial score (nSPS) is 22.5. The summed E-state index contributed by atoms with van der Waals surface area (Å²) in [5.74, 6) is 0.825. The minimum Gasteiger partial charge on any atom is -0.342 e. The molecule has 2 amide bonds. The molecule has 1 spiro atoms. The van der Waals surface area contributed by atoms with Gasteiger partial charge in [-0.25, -0.2) is 9.67 Å². The van der Waals surface area contributed by atoms with E-state index in [-0.39, 0.29) is 23.3 Å². The molecule has 0 radical (unpaired) electrons. The molecule has 0 aliphatic carbocycles. The van der Waals surface area contributed by atoms with Gasteiger partial charge in [0, 0.05) is 25.0 Å². The summed E-state index contributed by atoms with van der Waals surface area (Å²) in [7, 11) is 0. The van der Waals surface area contributed by atoms with E-state index in [1.54, 1.807) is 6.33 Å². The van der Waals surface area contributed by atoms with Gasteiger partial charge >= 0.3 is 0 Å². The Morgan fingerprint density at radius 2 is 2.03 bits per heavy atom. The lowest BCUT2D eigenvalue weighted by atomic mass is 9.74. The molecule has 2 aliphatic heterocycles. The van der Waals surface area contributed by atoms with Crippen LogP contribution in [0.3, 0.4) is 0 Å². The van der Waals surface area contributed by atoms with Crippen molar-refractivity contribution in [1.29, 1.82) is 0 Å². The van der Waals surface area contributed by atoms with E-state index < -0.39 is 0 Å². The Hall–Kier alpha value is -3.00. The number of likely N-dealkylation sites (tertiary alicyclic amines) is 1. The number of benzene rings is 1. The van der Waals surface area contributed by atoms with Crippen molar-refractivity contribution in [3.63, 3.8) is 0 Å². The predicted molar refractivity (Wildman–Crippen MR) is 118 cm³/mol. The lowest BCUT2D eigenvalue weighted by molar-refractivity contribution is -0.130. The van der Waals surface area contributed by atoms with Crippen molar-refractivity contribution in [3.8, 4) is 0 Å². The second-order valence-corrected chi connectivity index (χ2v) is 9.45. The van der Waals surface area contributed by atoms with Crippen molar-refractivity contribution in [2.45, 2.75) is 38.8 Å². The summed E-state index contributed by atoms with van der Waals surface area (Å²) < 4.78 is 1.88. The van der Waals surface area contributed by atoms with Crippen LogP contribution in [0.25, 0.3) is 0 Å². The highest BCUT2D eigenvalue weighted by Gasteiger charge is 2.50. The zero-order valence-electron chi connectivity index (χ0n) is 17.5. The van der Waals surface area contributed by atoms with Gasteiger partial charge in [-0.15, -0.1) is 11.3 Å². The summed E-state index contributed by atoms with van der Waals surface area (Å²) in [4.78, 5) is 33.1. The topological polar surface area (TPSA) is 80.1 Å². The summed E-state index contributed by atoms with van der Waals surface area (Å²) in [5, 5.41) is 9.45. The number of nitrogens with zero attached hydrogens (tertiary/aromatic N) is 4. The van der Waals surface area contributed by atoms with E-state index in [0.29, 0.717) is 24.4 Å². The first kappa shape index (κ1) is 19.9. The average molecular weight is 436 g/mol. The summed E-state index contributed by atoms with van der Waals surface area (Å²) >= 11 is 1.42. The Morgan fingerprint density at radius 3 is 2.84 bits per heavy atom. The van der Waals surface area contributed by atoms with Gasteiger partial charge in [-0.2, -0.15) is 5.10 Å². The van der Waals surface area contributed by atoms with Crippen LogP contribution in [-0.4, -0.2) is 44.6 Å². The quantitative estimate of drug-likeness (QED) is 0.683. The number of hydrogen-bond donors (Lipinski definition) is 1. The molecule has 1 aromatic carbocycles. The highest BCUT2D eigenvalue weighted by molar-refractivity contribution is 7.12. The number of aryl methyl sites for hydroxylation is 2. The van der Waals surface area contributed by atoms with Gasteiger partial charge in [-0.05, 0) is 42.3 Å². The van der Waals surface area contributed by atoms with Gasteiger partial charge in [0.2, 0.25) is 5.91 Å². The highest BCUT2D eigenvalue weighted by Crippen LogP contribution is 2.47. The Morgan fingerprint density at radius 1 is 1.19 bits per heavy atom. The number of hydrogen-bond acceptors (Lipinski definition) is 5. The molecule has 5 rings (SSSR count). The van der Waals surface area contributed by atoms with Crippen molar-refractivity contribution in [3.05, 3.63) is 69.9 Å². The van der Waals surface area contributed by atoms with Gasteiger partial charge in [0.25, 0.3) is 5.91 Å². The van der Waals surface area contributed by atoms with Crippen LogP contribution in [0.5, 0.6) is 0 Å². The van der Waals surface area contributed by atoms with E-state index in [2.05, 4.69) is 15.4 Å². The van der Waals surface area contributed by atoms with Crippen molar-refractivity contribution in [2.75, 3.05) is 13.1 Å². The van der Waals surface area contributed by atoms with Gasteiger partial charge in [-0.1, -0.05) is 30.3 Å². The van der Waals surface area contributed by atoms with Crippen LogP contribution < -0.4 is 5.32 Å². The van der Waals surface area contributed by atoms with Crippen molar-refractivity contribution >= 4 is 23.2 Å². The zero-order chi connectivity index (χ0) is 21.4. The molecule has 2 aliphatic rings. The van der Waals surface area contributed by atoms with Crippen LogP contribution in [0.1, 0.15) is 45.5 Å². The summed E-state index contributed by atoms with van der Waals surface area (Å²) in [5.41, 5.74) is 1.98. The van der Waals surface area contributed by atoms with Crippen LogP contribution in [0, 0.1) is 12.3 Å². The molecule has 2 atom stereocenters. The second kappa shape index (κ2) is 7.92. The summed E-state index contributed by atoms with van der Waals surface area (Å²) in [6.45, 7) is 4.11. The number of rotatable bonds is 4. The zero-order valence-corrected chi connectivity index (χ0v) is 18.3. The Labute approximate surface area is 185 Å². The van der Waals surface area contributed by atoms with Crippen LogP contribution >= 0.6 is 11.3 Å². The maximum Gasteiger partial charge on any atom is 0.261 e. The van der Waals surface area contributed by atoms with Gasteiger partial charge in [-0.3, -0.25) is 9.59 Å². The highest BCUT2D eigenvalue weighted by atomic mass is 32.1. The number of carbonyl (C=O) groups is 2. The molecule has 3 aromatic rings. The maximum atomic E-state index is 13.1. The Kier molecular flexibility index (Phi) is 5.09. The first-order valence-corrected chi connectivity index (χ1v) is 11.5. The monoisotopic (exact) mass is 435 g/mol. The Balaban J connectivity index is 1.38. The van der Waals surface area contributed by atoms with E-state index in [1.165, 1.54) is 11.3 Å². The fourth-order valence-corrected chi connectivity index (χ4v) is 5.50. The van der Waals surface area contributed by atoms with Crippen LogP contribution in [0.15, 0.2) is 48.1 Å². The van der Waals surface area contributed by atoms with Gasteiger partial charge < -0.3 is 10.2 Å². The third-order valence-corrected chi connectivity index (χ3v) is 7.57. The molecular weight excluding hydrogens is 410 g/mol. The number of fused-ring (bicyclic) bond motifs is 1. The number of amides is 2. The van der Waals surface area contributed by atoms with E-state index in [1.807, 2.05) is 58.3 Å². The molecule has 160 valence electrons. The molecule has 2 unspecified atom stereocenters. The predicted octanol–water partition coefficient (Wildman–Crippen LogP) is 2.98. The minimum atomic E-state index is -0.269. The first-order chi connectivity index (χ1) is 15.1. The molecular formula is C23H25N5O2S. The molecule has 4 heterocycles. The molecule has 1 fully saturated rings. The van der Waals surface area contributed by atoms with Gasteiger partial charge in [0.15, 0.2) is 0 Å². The molecule has 1 N–H and O–H groups in total. The SMILES string of the molecule is Cc1ccccc1CC(=O)N1CCC2(CCn3ncnc3C2NC(=O)c2cccs2)C1. The second-order valence-electron chi connectivity index (χ2n) is 8.51. The number of carbonyl (C=O) groups excluding carboxylic acids is 2. The molecule has 2 aromatic heterocycles. The molecule has 0 saturated carbocycles. The van der Waals surface area contributed by atoms with E-state index in [9.17, 15) is 9.59 Å². The van der Waals surface area contributed by atoms with Gasteiger partial charge in [0.1, 0.15) is 12.2 Å². The number of nitrogens with one attached hydrogen (secondary N) is 1. The fraction of sp³-hybridized carbons (Fsp3) is 0.391. The van der Waals surface area contributed by atoms with Crippen LogP contribution in [0.2, 0.25) is 0 Å². The smallest absolute Gasteiger partial charge is 0.261 e. The van der Waals surface area contributed by atoms with Gasteiger partial charge in [0.05, 0.1) is 17.3 Å².